The number of aryl methyl sites for hydroxylation is 2. The van der Waals surface area contributed by atoms with Gasteiger partial charge >= 0.3 is 0 Å². The lowest BCUT2D eigenvalue weighted by Gasteiger charge is -2.35. The zero-order chi connectivity index (χ0) is 17.4. The molecule has 0 spiro atoms. The number of piperazine rings is 1. The molecule has 4 rings (SSSR count). The fraction of sp³-hybridized carbons (Fsp3) is 0.450. The van der Waals surface area contributed by atoms with Crippen molar-refractivity contribution in [1.82, 2.24) is 14.9 Å². The third-order valence-corrected chi connectivity index (χ3v) is 5.37. The van der Waals surface area contributed by atoms with Crippen LogP contribution in [0, 0.1) is 19.8 Å². The predicted molar refractivity (Wildman–Crippen MR) is 97.6 cm³/mol. The second-order valence-electron chi connectivity index (χ2n) is 7.08. The van der Waals surface area contributed by atoms with Gasteiger partial charge in [0, 0.05) is 38.3 Å². The van der Waals surface area contributed by atoms with Crippen LogP contribution < -0.4 is 4.90 Å². The molecule has 2 aromatic rings. The molecule has 2 atom stereocenters. The molecule has 1 aliphatic carbocycles. The average Bonchev–Trinajstić information content (AvgIpc) is 3.42. The molecule has 2 heterocycles. The predicted octanol–water partition coefficient (Wildman–Crippen LogP) is 2.55. The molecule has 0 N–H and O–H groups in total. The standard InChI is InChI=1S/C20H24N4O/c1-14-5-3-4-6-16(14)17-13-18(17)20(25)24-11-9-23(10-12-24)19-7-8-21-15(2)22-19/h3-8,17-18H,9-13H2,1-2H3/t17-,18+/m0/s1. The maximum absolute atomic E-state index is 12.8. The lowest BCUT2D eigenvalue weighted by Crippen LogP contribution is -2.49. The second-order valence-corrected chi connectivity index (χ2v) is 7.08. The average molecular weight is 336 g/mol. The van der Waals surface area contributed by atoms with Crippen LogP contribution in [0.4, 0.5) is 5.82 Å². The molecular formula is C20H24N4O. The third-order valence-electron chi connectivity index (χ3n) is 5.37. The minimum atomic E-state index is 0.175. The zero-order valence-corrected chi connectivity index (χ0v) is 14.9. The molecule has 0 radical (unpaired) electrons. The van der Waals surface area contributed by atoms with Crippen molar-refractivity contribution in [3.05, 3.63) is 53.5 Å². The van der Waals surface area contributed by atoms with Gasteiger partial charge in [-0.2, -0.15) is 0 Å². The molecule has 1 saturated carbocycles. The Morgan fingerprint density at radius 1 is 1.08 bits per heavy atom. The van der Waals surface area contributed by atoms with Crippen molar-refractivity contribution in [2.75, 3.05) is 31.1 Å². The quantitative estimate of drug-likeness (QED) is 0.864. The van der Waals surface area contributed by atoms with Gasteiger partial charge in [-0.15, -0.1) is 0 Å². The summed E-state index contributed by atoms with van der Waals surface area (Å²) in [4.78, 5) is 25.7. The maximum atomic E-state index is 12.8. The number of aromatic nitrogens is 2. The number of hydrogen-bond acceptors (Lipinski definition) is 4. The summed E-state index contributed by atoms with van der Waals surface area (Å²) in [5, 5.41) is 0. The number of anilines is 1. The van der Waals surface area contributed by atoms with Gasteiger partial charge in [0.15, 0.2) is 0 Å². The highest BCUT2D eigenvalue weighted by atomic mass is 16.2. The van der Waals surface area contributed by atoms with Gasteiger partial charge in [-0.25, -0.2) is 9.97 Å². The Labute approximate surface area is 148 Å². The van der Waals surface area contributed by atoms with E-state index in [-0.39, 0.29) is 5.92 Å². The van der Waals surface area contributed by atoms with Crippen LogP contribution in [0.1, 0.15) is 29.3 Å². The van der Waals surface area contributed by atoms with Gasteiger partial charge in [0.25, 0.3) is 0 Å². The van der Waals surface area contributed by atoms with Gasteiger partial charge in [0.05, 0.1) is 0 Å². The lowest BCUT2D eigenvalue weighted by atomic mass is 10.0. The summed E-state index contributed by atoms with van der Waals surface area (Å²) < 4.78 is 0. The van der Waals surface area contributed by atoms with Crippen LogP contribution in [0.3, 0.4) is 0 Å². The molecule has 1 aromatic heterocycles. The minimum Gasteiger partial charge on any atom is -0.353 e. The number of nitrogens with zero attached hydrogens (tertiary/aromatic N) is 4. The summed E-state index contributed by atoms with van der Waals surface area (Å²) in [6.07, 6.45) is 2.79. The Morgan fingerprint density at radius 3 is 2.56 bits per heavy atom. The number of carbonyl (C=O) groups excluding carboxylic acids is 1. The molecule has 5 nitrogen and oxygen atoms in total. The van der Waals surface area contributed by atoms with Crippen LogP contribution in [-0.4, -0.2) is 47.0 Å². The Morgan fingerprint density at radius 2 is 1.84 bits per heavy atom. The molecule has 25 heavy (non-hydrogen) atoms. The lowest BCUT2D eigenvalue weighted by molar-refractivity contribution is -0.133. The molecule has 2 fully saturated rings. The van der Waals surface area contributed by atoms with Crippen LogP contribution in [-0.2, 0) is 4.79 Å². The minimum absolute atomic E-state index is 0.175. The van der Waals surface area contributed by atoms with Crippen LogP contribution in [0.2, 0.25) is 0 Å². The Kier molecular flexibility index (Phi) is 4.15. The van der Waals surface area contributed by atoms with E-state index in [0.29, 0.717) is 11.8 Å². The van der Waals surface area contributed by atoms with Crippen LogP contribution in [0.15, 0.2) is 36.5 Å². The molecule has 1 saturated heterocycles. The summed E-state index contributed by atoms with van der Waals surface area (Å²) in [5.41, 5.74) is 2.64. The first kappa shape index (κ1) is 16.1. The molecule has 0 bridgehead atoms. The van der Waals surface area contributed by atoms with Crippen LogP contribution in [0.5, 0.6) is 0 Å². The Bertz CT molecular complexity index is 783. The first-order chi connectivity index (χ1) is 12.1. The number of benzene rings is 1. The normalized spacial score (nSPS) is 22.8. The fourth-order valence-corrected chi connectivity index (χ4v) is 3.82. The number of hydrogen-bond donors (Lipinski definition) is 0. The summed E-state index contributed by atoms with van der Waals surface area (Å²) >= 11 is 0. The van der Waals surface area contributed by atoms with Gasteiger partial charge < -0.3 is 9.80 Å². The summed E-state index contributed by atoms with van der Waals surface area (Å²) in [7, 11) is 0. The largest absolute Gasteiger partial charge is 0.353 e. The van der Waals surface area contributed by atoms with E-state index in [4.69, 9.17) is 0 Å². The zero-order valence-electron chi connectivity index (χ0n) is 14.9. The smallest absolute Gasteiger partial charge is 0.226 e. The Hall–Kier alpha value is -2.43. The molecular weight excluding hydrogens is 312 g/mol. The Balaban J connectivity index is 1.36. The van der Waals surface area contributed by atoms with E-state index in [1.165, 1.54) is 11.1 Å². The molecule has 1 aromatic carbocycles. The van der Waals surface area contributed by atoms with Crippen LogP contribution >= 0.6 is 0 Å². The summed E-state index contributed by atoms with van der Waals surface area (Å²) in [6.45, 7) is 7.27. The fourth-order valence-electron chi connectivity index (χ4n) is 3.82. The van der Waals surface area contributed by atoms with E-state index < -0.39 is 0 Å². The van der Waals surface area contributed by atoms with E-state index in [1.54, 1.807) is 6.20 Å². The topological polar surface area (TPSA) is 49.3 Å². The highest BCUT2D eigenvalue weighted by molar-refractivity contribution is 5.83. The third kappa shape index (κ3) is 3.23. The van der Waals surface area contributed by atoms with Crippen molar-refractivity contribution >= 4 is 11.7 Å². The SMILES string of the molecule is Cc1nccc(N2CCN(C(=O)[C@@H]3C[C@H]3c3ccccc3C)CC2)n1. The monoisotopic (exact) mass is 336 g/mol. The maximum Gasteiger partial charge on any atom is 0.226 e. The van der Waals surface area contributed by atoms with Crippen molar-refractivity contribution in [1.29, 1.82) is 0 Å². The van der Waals surface area contributed by atoms with E-state index in [0.717, 1.165) is 44.2 Å². The van der Waals surface area contributed by atoms with Gasteiger partial charge in [0.2, 0.25) is 5.91 Å². The molecule has 130 valence electrons. The molecule has 0 unspecified atom stereocenters. The summed E-state index contributed by atoms with van der Waals surface area (Å²) in [5.74, 6) is 2.66. The van der Waals surface area contributed by atoms with Gasteiger partial charge in [-0.3, -0.25) is 4.79 Å². The van der Waals surface area contributed by atoms with Crippen molar-refractivity contribution < 1.29 is 4.79 Å². The number of rotatable bonds is 3. The van der Waals surface area contributed by atoms with E-state index >= 15 is 0 Å². The number of amides is 1. The van der Waals surface area contributed by atoms with Gasteiger partial charge in [-0.05, 0) is 43.4 Å². The molecule has 2 aliphatic rings. The van der Waals surface area contributed by atoms with Crippen molar-refractivity contribution in [2.24, 2.45) is 5.92 Å². The first-order valence-corrected chi connectivity index (χ1v) is 9.02. The van der Waals surface area contributed by atoms with Crippen molar-refractivity contribution in [3.8, 4) is 0 Å². The first-order valence-electron chi connectivity index (χ1n) is 9.02. The van der Waals surface area contributed by atoms with E-state index in [1.807, 2.05) is 17.9 Å². The van der Waals surface area contributed by atoms with E-state index in [2.05, 4.69) is 46.1 Å². The highest BCUT2D eigenvalue weighted by Gasteiger charge is 2.46. The van der Waals surface area contributed by atoms with Crippen molar-refractivity contribution in [3.63, 3.8) is 0 Å². The summed E-state index contributed by atoms with van der Waals surface area (Å²) in [6, 6.07) is 10.4. The van der Waals surface area contributed by atoms with Gasteiger partial charge in [0.1, 0.15) is 11.6 Å². The van der Waals surface area contributed by atoms with Crippen molar-refractivity contribution in [2.45, 2.75) is 26.2 Å². The van der Waals surface area contributed by atoms with Gasteiger partial charge in [-0.1, -0.05) is 24.3 Å². The number of carbonyl (C=O) groups is 1. The molecule has 1 aliphatic heterocycles. The second kappa shape index (κ2) is 6.47. The van der Waals surface area contributed by atoms with E-state index in [9.17, 15) is 4.79 Å². The highest BCUT2D eigenvalue weighted by Crippen LogP contribution is 2.49. The van der Waals surface area contributed by atoms with Crippen LogP contribution in [0.25, 0.3) is 0 Å². The molecule has 5 heteroatoms. The molecule has 1 amide bonds.